The Kier molecular flexibility index (Phi) is 7.98. The van der Waals surface area contributed by atoms with Crippen molar-refractivity contribution in [3.05, 3.63) is 53.5 Å². The second kappa shape index (κ2) is 10.2. The van der Waals surface area contributed by atoms with Crippen molar-refractivity contribution in [2.45, 2.75) is 32.9 Å². The maximum Gasteiger partial charge on any atom is 0.122 e. The Morgan fingerprint density at radius 1 is 1.16 bits per heavy atom. The number of para-hydroxylation sites is 1. The molecule has 2 rings (SSSR count). The topological polar surface area (TPSA) is 55.1 Å². The molecule has 0 amide bonds. The molecule has 25 heavy (non-hydrogen) atoms. The van der Waals surface area contributed by atoms with Crippen LogP contribution >= 0.6 is 0 Å². The van der Waals surface area contributed by atoms with E-state index in [1.807, 2.05) is 50.2 Å². The van der Waals surface area contributed by atoms with E-state index in [-0.39, 0.29) is 6.61 Å². The van der Waals surface area contributed by atoms with Gasteiger partial charge in [0.2, 0.25) is 0 Å². The van der Waals surface area contributed by atoms with Gasteiger partial charge >= 0.3 is 0 Å². The van der Waals surface area contributed by atoms with Gasteiger partial charge < -0.3 is 19.0 Å². The molecule has 0 radical (unpaired) electrons. The predicted molar refractivity (Wildman–Crippen MR) is 97.9 cm³/mol. The van der Waals surface area contributed by atoms with Crippen molar-refractivity contribution in [2.75, 3.05) is 33.4 Å². The highest BCUT2D eigenvalue weighted by atomic mass is 16.5. The molecule has 1 unspecified atom stereocenters. The van der Waals surface area contributed by atoms with Crippen molar-refractivity contribution < 1.29 is 19.0 Å². The molecular formula is C20H29NO4. The Labute approximate surface area is 150 Å². The van der Waals surface area contributed by atoms with Crippen LogP contribution in [0.5, 0.6) is 5.75 Å². The van der Waals surface area contributed by atoms with Crippen LogP contribution < -0.4 is 4.74 Å². The van der Waals surface area contributed by atoms with Gasteiger partial charge in [0.05, 0.1) is 6.54 Å². The number of ether oxygens (including phenoxy) is 2. The van der Waals surface area contributed by atoms with Gasteiger partial charge in [-0.1, -0.05) is 18.2 Å². The van der Waals surface area contributed by atoms with Gasteiger partial charge in [-0.25, -0.2) is 0 Å². The number of hydrogen-bond donors (Lipinski definition) is 1. The van der Waals surface area contributed by atoms with Crippen LogP contribution in [0.2, 0.25) is 0 Å². The summed E-state index contributed by atoms with van der Waals surface area (Å²) >= 11 is 0. The summed E-state index contributed by atoms with van der Waals surface area (Å²) in [6, 6.07) is 11.8. The molecule has 0 spiro atoms. The molecule has 0 fully saturated rings. The van der Waals surface area contributed by atoms with E-state index in [4.69, 9.17) is 13.9 Å². The third kappa shape index (κ3) is 6.90. The van der Waals surface area contributed by atoms with Gasteiger partial charge in [-0.05, 0) is 44.0 Å². The van der Waals surface area contributed by atoms with E-state index in [1.165, 1.54) is 0 Å². The number of hydrogen-bond acceptors (Lipinski definition) is 5. The van der Waals surface area contributed by atoms with Crippen LogP contribution in [-0.2, 0) is 11.3 Å². The van der Waals surface area contributed by atoms with Crippen LogP contribution in [0.3, 0.4) is 0 Å². The number of nitrogens with zero attached hydrogens (tertiary/aromatic N) is 1. The van der Waals surface area contributed by atoms with Crippen molar-refractivity contribution in [3.63, 3.8) is 0 Å². The SMILES string of the molecule is COCCCN(Cc1ccc(C)o1)CC(O)COc1ccccc1C. The molecular weight excluding hydrogens is 318 g/mol. The second-order valence-corrected chi connectivity index (χ2v) is 6.32. The van der Waals surface area contributed by atoms with Crippen molar-refractivity contribution in [2.24, 2.45) is 0 Å². The van der Waals surface area contributed by atoms with E-state index in [0.717, 1.165) is 35.8 Å². The number of aliphatic hydroxyl groups excluding tert-OH is 1. The zero-order valence-electron chi connectivity index (χ0n) is 15.4. The summed E-state index contributed by atoms with van der Waals surface area (Å²) in [7, 11) is 1.70. The fraction of sp³-hybridized carbons (Fsp3) is 0.500. The van der Waals surface area contributed by atoms with Crippen molar-refractivity contribution >= 4 is 0 Å². The minimum atomic E-state index is -0.571. The third-order valence-corrected chi connectivity index (χ3v) is 3.99. The van der Waals surface area contributed by atoms with Crippen LogP contribution in [0, 0.1) is 13.8 Å². The van der Waals surface area contributed by atoms with Gasteiger partial charge in [0, 0.05) is 26.8 Å². The summed E-state index contributed by atoms with van der Waals surface area (Å²) in [5.41, 5.74) is 1.07. The highest BCUT2D eigenvalue weighted by Gasteiger charge is 2.15. The molecule has 1 aromatic carbocycles. The summed E-state index contributed by atoms with van der Waals surface area (Å²) in [4.78, 5) is 2.17. The Balaban J connectivity index is 1.86. The lowest BCUT2D eigenvalue weighted by Gasteiger charge is -2.24. The molecule has 0 aliphatic rings. The normalized spacial score (nSPS) is 12.5. The van der Waals surface area contributed by atoms with Gasteiger partial charge in [0.25, 0.3) is 0 Å². The second-order valence-electron chi connectivity index (χ2n) is 6.32. The zero-order chi connectivity index (χ0) is 18.1. The van der Waals surface area contributed by atoms with Crippen LogP contribution in [0.25, 0.3) is 0 Å². The summed E-state index contributed by atoms with van der Waals surface area (Å²) in [5.74, 6) is 2.62. The summed E-state index contributed by atoms with van der Waals surface area (Å²) in [6.45, 7) is 6.91. The molecule has 0 aliphatic carbocycles. The van der Waals surface area contributed by atoms with Gasteiger partial charge in [-0.2, -0.15) is 0 Å². The van der Waals surface area contributed by atoms with E-state index in [1.54, 1.807) is 7.11 Å². The van der Waals surface area contributed by atoms with Crippen molar-refractivity contribution in [1.82, 2.24) is 4.90 Å². The molecule has 138 valence electrons. The molecule has 1 atom stereocenters. The third-order valence-electron chi connectivity index (χ3n) is 3.99. The number of aryl methyl sites for hydroxylation is 2. The quantitative estimate of drug-likeness (QED) is 0.633. The van der Waals surface area contributed by atoms with E-state index in [2.05, 4.69) is 4.90 Å². The lowest BCUT2D eigenvalue weighted by molar-refractivity contribution is 0.0591. The van der Waals surface area contributed by atoms with Crippen molar-refractivity contribution in [1.29, 1.82) is 0 Å². The zero-order valence-corrected chi connectivity index (χ0v) is 15.4. The van der Waals surface area contributed by atoms with Crippen molar-refractivity contribution in [3.8, 4) is 5.75 Å². The molecule has 0 saturated heterocycles. The summed E-state index contributed by atoms with van der Waals surface area (Å²) in [5, 5.41) is 10.4. The minimum absolute atomic E-state index is 0.267. The fourth-order valence-electron chi connectivity index (χ4n) is 2.71. The molecule has 1 N–H and O–H groups in total. The van der Waals surface area contributed by atoms with Crippen LogP contribution in [-0.4, -0.2) is 49.5 Å². The molecule has 1 aromatic heterocycles. The van der Waals surface area contributed by atoms with Gasteiger partial charge in [0.1, 0.15) is 30.0 Å². The fourth-order valence-corrected chi connectivity index (χ4v) is 2.71. The molecule has 5 heteroatoms. The van der Waals surface area contributed by atoms with E-state index in [9.17, 15) is 5.11 Å². The molecule has 0 saturated carbocycles. The first-order valence-electron chi connectivity index (χ1n) is 8.71. The maximum absolute atomic E-state index is 10.4. The van der Waals surface area contributed by atoms with Gasteiger partial charge in [-0.15, -0.1) is 0 Å². The Morgan fingerprint density at radius 2 is 1.96 bits per heavy atom. The predicted octanol–water partition coefficient (Wildman–Crippen LogP) is 3.17. The Morgan fingerprint density at radius 3 is 2.64 bits per heavy atom. The average Bonchev–Trinajstić information content (AvgIpc) is 2.99. The van der Waals surface area contributed by atoms with E-state index < -0.39 is 6.10 Å². The first kappa shape index (κ1) is 19.5. The highest BCUT2D eigenvalue weighted by Crippen LogP contribution is 2.16. The van der Waals surface area contributed by atoms with E-state index >= 15 is 0 Å². The maximum atomic E-state index is 10.4. The van der Waals surface area contributed by atoms with E-state index in [0.29, 0.717) is 19.7 Å². The lowest BCUT2D eigenvalue weighted by atomic mass is 10.2. The Hall–Kier alpha value is -1.82. The first-order chi connectivity index (χ1) is 12.1. The minimum Gasteiger partial charge on any atom is -0.491 e. The number of furan rings is 1. The number of rotatable bonds is 11. The van der Waals surface area contributed by atoms with Gasteiger partial charge in [-0.3, -0.25) is 4.90 Å². The van der Waals surface area contributed by atoms with Crippen LogP contribution in [0.4, 0.5) is 0 Å². The first-order valence-corrected chi connectivity index (χ1v) is 8.71. The molecule has 2 aromatic rings. The summed E-state index contributed by atoms with van der Waals surface area (Å²) in [6.07, 6.45) is 0.333. The standard InChI is InChI=1S/C20H29NO4/c1-16-7-4-5-8-20(16)24-15-18(22)13-21(11-6-12-23-3)14-19-10-9-17(2)25-19/h4-5,7-10,18,22H,6,11-15H2,1-3H3. The average molecular weight is 347 g/mol. The molecule has 0 bridgehead atoms. The monoisotopic (exact) mass is 347 g/mol. The molecule has 0 aliphatic heterocycles. The molecule has 1 heterocycles. The Bertz CT molecular complexity index is 626. The number of aliphatic hydroxyl groups is 1. The number of methoxy groups -OCH3 is 1. The van der Waals surface area contributed by atoms with Crippen LogP contribution in [0.1, 0.15) is 23.5 Å². The van der Waals surface area contributed by atoms with Gasteiger partial charge in [0.15, 0.2) is 0 Å². The smallest absolute Gasteiger partial charge is 0.122 e. The summed E-state index contributed by atoms with van der Waals surface area (Å²) < 4.78 is 16.5. The highest BCUT2D eigenvalue weighted by molar-refractivity contribution is 5.31. The largest absolute Gasteiger partial charge is 0.491 e. The molecule has 5 nitrogen and oxygen atoms in total. The lowest BCUT2D eigenvalue weighted by Crippen LogP contribution is -2.36. The van der Waals surface area contributed by atoms with Crippen LogP contribution in [0.15, 0.2) is 40.8 Å². The number of benzene rings is 1.